The first-order valence-electron chi connectivity index (χ1n) is 6.37. The molecule has 0 radical (unpaired) electrons. The number of hydrogen-bond donors (Lipinski definition) is 1. The summed E-state index contributed by atoms with van der Waals surface area (Å²) in [5.41, 5.74) is 3.84. The lowest BCUT2D eigenvalue weighted by Crippen LogP contribution is -2.04. The first kappa shape index (κ1) is 11.7. The Labute approximate surface area is 124 Å². The monoisotopic (exact) mass is 323 g/mol. The second-order valence-corrected chi connectivity index (χ2v) is 5.77. The molecular formula is C17H10BrNO. The first-order chi connectivity index (χ1) is 9.74. The normalized spacial score (nSPS) is 12.8. The number of carbonyl (C=O) groups is 1. The van der Waals surface area contributed by atoms with E-state index < -0.39 is 0 Å². The third kappa shape index (κ3) is 1.60. The Balaban J connectivity index is 2.04. The second-order valence-electron chi connectivity index (χ2n) is 4.85. The molecule has 0 saturated carbocycles. The van der Waals surface area contributed by atoms with Gasteiger partial charge in [-0.2, -0.15) is 0 Å². The van der Waals surface area contributed by atoms with E-state index in [1.54, 1.807) is 0 Å². The summed E-state index contributed by atoms with van der Waals surface area (Å²) in [6.45, 7) is 0. The molecule has 0 aromatic heterocycles. The Bertz CT molecular complexity index is 853. The summed E-state index contributed by atoms with van der Waals surface area (Å²) in [6, 6.07) is 18.1. The average molecular weight is 324 g/mol. The van der Waals surface area contributed by atoms with Gasteiger partial charge >= 0.3 is 0 Å². The molecule has 1 N–H and O–H groups in total. The van der Waals surface area contributed by atoms with Crippen molar-refractivity contribution < 1.29 is 4.79 Å². The van der Waals surface area contributed by atoms with E-state index in [1.807, 2.05) is 30.3 Å². The van der Waals surface area contributed by atoms with Crippen molar-refractivity contribution in [3.63, 3.8) is 0 Å². The molecule has 4 rings (SSSR count). The van der Waals surface area contributed by atoms with Crippen LogP contribution in [0.5, 0.6) is 0 Å². The van der Waals surface area contributed by atoms with Gasteiger partial charge in [0.25, 0.3) is 5.91 Å². The number of benzene rings is 3. The summed E-state index contributed by atoms with van der Waals surface area (Å²) >= 11 is 3.44. The minimum Gasteiger partial charge on any atom is -0.321 e. The molecular weight excluding hydrogens is 314 g/mol. The van der Waals surface area contributed by atoms with Gasteiger partial charge in [-0.25, -0.2) is 0 Å². The van der Waals surface area contributed by atoms with E-state index >= 15 is 0 Å². The number of anilines is 1. The van der Waals surface area contributed by atoms with Crippen LogP contribution in [0.1, 0.15) is 10.4 Å². The van der Waals surface area contributed by atoms with E-state index in [0.29, 0.717) is 0 Å². The van der Waals surface area contributed by atoms with Gasteiger partial charge in [0.2, 0.25) is 0 Å². The standard InChI is InChI=1S/C17H10BrNO/c18-12-7-4-10(5-8-12)13-9-6-11-2-1-3-14-15(11)16(13)19-17(14)20/h1-9H,(H,19,20). The number of carbonyl (C=O) groups excluding carboxylic acids is 1. The lowest BCUT2D eigenvalue weighted by molar-refractivity contribution is 0.103. The van der Waals surface area contributed by atoms with E-state index in [4.69, 9.17) is 0 Å². The number of rotatable bonds is 1. The van der Waals surface area contributed by atoms with Crippen LogP contribution in [0, 0.1) is 0 Å². The summed E-state index contributed by atoms with van der Waals surface area (Å²) in [5, 5.41) is 5.12. The summed E-state index contributed by atoms with van der Waals surface area (Å²) in [5.74, 6) is -0.0184. The quantitative estimate of drug-likeness (QED) is 0.682. The van der Waals surface area contributed by atoms with Gasteiger partial charge in [-0.15, -0.1) is 0 Å². The lowest BCUT2D eigenvalue weighted by atomic mass is 9.98. The Kier molecular flexibility index (Phi) is 2.44. The van der Waals surface area contributed by atoms with Gasteiger partial charge in [0.05, 0.1) is 5.69 Å². The fourth-order valence-corrected chi connectivity index (χ4v) is 3.01. The highest BCUT2D eigenvalue weighted by Gasteiger charge is 2.23. The Morgan fingerprint density at radius 2 is 1.65 bits per heavy atom. The van der Waals surface area contributed by atoms with Crippen LogP contribution in [0.25, 0.3) is 21.9 Å². The molecule has 0 atom stereocenters. The van der Waals surface area contributed by atoms with E-state index in [2.05, 4.69) is 45.5 Å². The smallest absolute Gasteiger partial charge is 0.256 e. The lowest BCUT2D eigenvalue weighted by Gasteiger charge is -2.09. The predicted molar refractivity (Wildman–Crippen MR) is 85.0 cm³/mol. The maximum atomic E-state index is 12.1. The zero-order valence-corrected chi connectivity index (χ0v) is 12.1. The van der Waals surface area contributed by atoms with Crippen molar-refractivity contribution >= 4 is 38.3 Å². The summed E-state index contributed by atoms with van der Waals surface area (Å²) in [4.78, 5) is 12.1. The van der Waals surface area contributed by atoms with Gasteiger partial charge in [-0.05, 0) is 29.1 Å². The van der Waals surface area contributed by atoms with Gasteiger partial charge in [0.1, 0.15) is 0 Å². The topological polar surface area (TPSA) is 29.1 Å². The number of hydrogen-bond acceptors (Lipinski definition) is 1. The summed E-state index contributed by atoms with van der Waals surface area (Å²) in [7, 11) is 0. The van der Waals surface area contributed by atoms with Gasteiger partial charge in [0.15, 0.2) is 0 Å². The number of nitrogens with one attached hydrogen (secondary N) is 1. The molecule has 3 aromatic rings. The minimum atomic E-state index is -0.0184. The van der Waals surface area contributed by atoms with Crippen molar-refractivity contribution in [3.05, 3.63) is 64.6 Å². The molecule has 1 aliphatic rings. The van der Waals surface area contributed by atoms with Crippen molar-refractivity contribution in [3.8, 4) is 11.1 Å². The van der Waals surface area contributed by atoms with Crippen LogP contribution >= 0.6 is 15.9 Å². The van der Waals surface area contributed by atoms with Gasteiger partial charge in [-0.3, -0.25) is 4.79 Å². The van der Waals surface area contributed by atoms with Crippen LogP contribution in [0.15, 0.2) is 59.1 Å². The Hall–Kier alpha value is -2.13. The number of amides is 1. The highest BCUT2D eigenvalue weighted by atomic mass is 79.9. The molecule has 20 heavy (non-hydrogen) atoms. The van der Waals surface area contributed by atoms with E-state index in [1.165, 1.54) is 0 Å². The summed E-state index contributed by atoms with van der Waals surface area (Å²) < 4.78 is 1.04. The Morgan fingerprint density at radius 1 is 0.850 bits per heavy atom. The maximum Gasteiger partial charge on any atom is 0.256 e. The zero-order chi connectivity index (χ0) is 13.7. The molecule has 0 spiro atoms. The van der Waals surface area contributed by atoms with Crippen LogP contribution in [0.3, 0.4) is 0 Å². The molecule has 0 unspecified atom stereocenters. The largest absolute Gasteiger partial charge is 0.321 e. The van der Waals surface area contributed by atoms with Gasteiger partial charge in [0, 0.05) is 21.0 Å². The summed E-state index contributed by atoms with van der Waals surface area (Å²) in [6.07, 6.45) is 0. The molecule has 0 bridgehead atoms. The second kappa shape index (κ2) is 4.18. The fraction of sp³-hybridized carbons (Fsp3) is 0. The van der Waals surface area contributed by atoms with Crippen LogP contribution < -0.4 is 5.32 Å². The van der Waals surface area contributed by atoms with Gasteiger partial charge < -0.3 is 5.32 Å². The average Bonchev–Trinajstić information content (AvgIpc) is 2.80. The van der Waals surface area contributed by atoms with E-state index in [0.717, 1.165) is 37.6 Å². The van der Waals surface area contributed by atoms with Crippen molar-refractivity contribution in [2.45, 2.75) is 0 Å². The number of halogens is 1. The molecule has 1 aliphatic heterocycles. The minimum absolute atomic E-state index is 0.0184. The molecule has 96 valence electrons. The first-order valence-corrected chi connectivity index (χ1v) is 7.16. The molecule has 3 aromatic carbocycles. The highest BCUT2D eigenvalue weighted by Crippen LogP contribution is 2.40. The van der Waals surface area contributed by atoms with Gasteiger partial charge in [-0.1, -0.05) is 52.3 Å². The Morgan fingerprint density at radius 3 is 2.45 bits per heavy atom. The molecule has 1 amide bonds. The van der Waals surface area contributed by atoms with Crippen LogP contribution in [0.2, 0.25) is 0 Å². The van der Waals surface area contributed by atoms with Crippen molar-refractivity contribution in [2.75, 3.05) is 5.32 Å². The fourth-order valence-electron chi connectivity index (χ4n) is 2.75. The maximum absolute atomic E-state index is 12.1. The predicted octanol–water partition coefficient (Wildman–Crippen LogP) is 4.84. The molecule has 0 saturated heterocycles. The zero-order valence-electron chi connectivity index (χ0n) is 10.5. The van der Waals surface area contributed by atoms with E-state index in [-0.39, 0.29) is 5.91 Å². The third-order valence-corrected chi connectivity index (χ3v) is 4.21. The molecule has 0 aliphatic carbocycles. The van der Waals surface area contributed by atoms with Crippen molar-refractivity contribution in [1.29, 1.82) is 0 Å². The third-order valence-electron chi connectivity index (χ3n) is 3.68. The molecule has 1 heterocycles. The molecule has 2 nitrogen and oxygen atoms in total. The van der Waals surface area contributed by atoms with Crippen LogP contribution in [-0.4, -0.2) is 5.91 Å². The SMILES string of the molecule is O=C1Nc2c(-c3ccc(Br)cc3)ccc3cccc1c23. The van der Waals surface area contributed by atoms with Crippen LogP contribution in [-0.2, 0) is 0 Å². The van der Waals surface area contributed by atoms with Crippen LogP contribution in [0.4, 0.5) is 5.69 Å². The van der Waals surface area contributed by atoms with Crippen molar-refractivity contribution in [2.24, 2.45) is 0 Å². The van der Waals surface area contributed by atoms with E-state index in [9.17, 15) is 4.79 Å². The molecule has 0 fully saturated rings. The highest BCUT2D eigenvalue weighted by molar-refractivity contribution is 9.10. The van der Waals surface area contributed by atoms with Crippen molar-refractivity contribution in [1.82, 2.24) is 0 Å². The molecule has 3 heteroatoms.